The second-order valence-corrected chi connectivity index (χ2v) is 3.75. The standard InChI is InChI=1S/C9H15F2NO2/c1-6(9(13)14)12-4-2-3-7(5-12)8(10)11/h6-8H,2-5H2,1H3,(H,13,14)/t6-,7+/m1/s1. The van der Waals surface area contributed by atoms with Gasteiger partial charge in [0.1, 0.15) is 6.04 Å². The Morgan fingerprint density at radius 3 is 2.71 bits per heavy atom. The molecule has 1 fully saturated rings. The topological polar surface area (TPSA) is 40.5 Å². The first kappa shape index (κ1) is 11.4. The van der Waals surface area contributed by atoms with Crippen molar-refractivity contribution >= 4 is 5.97 Å². The van der Waals surface area contributed by atoms with Crippen molar-refractivity contribution in [3.05, 3.63) is 0 Å². The van der Waals surface area contributed by atoms with Gasteiger partial charge in [-0.3, -0.25) is 9.69 Å². The van der Waals surface area contributed by atoms with Crippen molar-refractivity contribution in [1.29, 1.82) is 0 Å². The molecule has 0 aromatic heterocycles. The number of carboxylic acid groups (broad SMARTS) is 1. The largest absolute Gasteiger partial charge is 0.480 e. The van der Waals surface area contributed by atoms with E-state index >= 15 is 0 Å². The van der Waals surface area contributed by atoms with Crippen LogP contribution in [0.3, 0.4) is 0 Å². The molecule has 0 unspecified atom stereocenters. The van der Waals surface area contributed by atoms with Crippen molar-refractivity contribution in [2.45, 2.75) is 32.2 Å². The molecule has 5 heteroatoms. The lowest BCUT2D eigenvalue weighted by atomic mass is 9.97. The Hall–Kier alpha value is -0.710. The molecular weight excluding hydrogens is 192 g/mol. The molecule has 1 saturated heterocycles. The van der Waals surface area contributed by atoms with E-state index in [-0.39, 0.29) is 6.54 Å². The first-order valence-corrected chi connectivity index (χ1v) is 4.77. The molecule has 82 valence electrons. The molecule has 0 aromatic carbocycles. The van der Waals surface area contributed by atoms with E-state index < -0.39 is 24.4 Å². The highest BCUT2D eigenvalue weighted by atomic mass is 19.3. The minimum atomic E-state index is -2.33. The molecule has 0 aromatic rings. The van der Waals surface area contributed by atoms with Gasteiger partial charge in [0.15, 0.2) is 0 Å². The molecule has 1 heterocycles. The lowest BCUT2D eigenvalue weighted by Gasteiger charge is -2.34. The maximum atomic E-state index is 12.4. The van der Waals surface area contributed by atoms with Crippen LogP contribution >= 0.6 is 0 Å². The number of likely N-dealkylation sites (tertiary alicyclic amines) is 1. The van der Waals surface area contributed by atoms with Crippen LogP contribution < -0.4 is 0 Å². The summed E-state index contributed by atoms with van der Waals surface area (Å²) in [4.78, 5) is 12.3. The highest BCUT2D eigenvalue weighted by Crippen LogP contribution is 2.23. The fraction of sp³-hybridized carbons (Fsp3) is 0.889. The smallest absolute Gasteiger partial charge is 0.320 e. The summed E-state index contributed by atoms with van der Waals surface area (Å²) < 4.78 is 24.8. The molecule has 1 aliphatic rings. The number of rotatable bonds is 3. The van der Waals surface area contributed by atoms with Gasteiger partial charge >= 0.3 is 5.97 Å². The van der Waals surface area contributed by atoms with Gasteiger partial charge < -0.3 is 5.11 Å². The molecule has 0 bridgehead atoms. The second kappa shape index (κ2) is 4.68. The summed E-state index contributed by atoms with van der Waals surface area (Å²) in [5.41, 5.74) is 0. The molecule has 2 atom stereocenters. The van der Waals surface area contributed by atoms with Crippen molar-refractivity contribution in [3.8, 4) is 0 Å². The normalized spacial score (nSPS) is 26.4. The number of aliphatic carboxylic acids is 1. The summed E-state index contributed by atoms with van der Waals surface area (Å²) in [5, 5.41) is 8.73. The fourth-order valence-electron chi connectivity index (χ4n) is 1.75. The number of halogens is 2. The third kappa shape index (κ3) is 2.64. The van der Waals surface area contributed by atoms with Crippen molar-refractivity contribution in [2.75, 3.05) is 13.1 Å². The summed E-state index contributed by atoms with van der Waals surface area (Å²) >= 11 is 0. The van der Waals surface area contributed by atoms with E-state index in [2.05, 4.69) is 0 Å². The van der Waals surface area contributed by atoms with Crippen LogP contribution in [0.1, 0.15) is 19.8 Å². The maximum Gasteiger partial charge on any atom is 0.320 e. The van der Waals surface area contributed by atoms with Crippen LogP contribution in [-0.4, -0.2) is 41.5 Å². The van der Waals surface area contributed by atoms with Gasteiger partial charge in [0, 0.05) is 12.5 Å². The predicted molar refractivity (Wildman–Crippen MR) is 47.4 cm³/mol. The van der Waals surface area contributed by atoms with Gasteiger partial charge in [-0.15, -0.1) is 0 Å². The summed E-state index contributed by atoms with van der Waals surface area (Å²) in [6.45, 7) is 2.35. The number of hydrogen-bond donors (Lipinski definition) is 1. The first-order valence-electron chi connectivity index (χ1n) is 4.77. The minimum Gasteiger partial charge on any atom is -0.480 e. The van der Waals surface area contributed by atoms with E-state index in [1.165, 1.54) is 6.92 Å². The van der Waals surface area contributed by atoms with Crippen LogP contribution in [0.25, 0.3) is 0 Å². The number of carbonyl (C=O) groups is 1. The van der Waals surface area contributed by atoms with Gasteiger partial charge in [0.2, 0.25) is 6.43 Å². The molecule has 3 nitrogen and oxygen atoms in total. The Balaban J connectivity index is 2.51. The summed E-state index contributed by atoms with van der Waals surface area (Å²) in [5.74, 6) is -1.61. The van der Waals surface area contributed by atoms with Crippen LogP contribution in [0, 0.1) is 5.92 Å². The summed E-state index contributed by atoms with van der Waals surface area (Å²) in [6.07, 6.45) is -1.17. The van der Waals surface area contributed by atoms with E-state index in [0.29, 0.717) is 19.4 Å². The van der Waals surface area contributed by atoms with Crippen LogP contribution in [0.15, 0.2) is 0 Å². The average molecular weight is 207 g/mol. The molecular formula is C9H15F2NO2. The van der Waals surface area contributed by atoms with E-state index in [1.807, 2.05) is 0 Å². The van der Waals surface area contributed by atoms with Crippen molar-refractivity contribution in [2.24, 2.45) is 5.92 Å². The Morgan fingerprint density at radius 1 is 1.57 bits per heavy atom. The molecule has 0 amide bonds. The van der Waals surface area contributed by atoms with Crippen molar-refractivity contribution in [3.63, 3.8) is 0 Å². The highest BCUT2D eigenvalue weighted by Gasteiger charge is 2.31. The van der Waals surface area contributed by atoms with Gasteiger partial charge in [-0.05, 0) is 26.3 Å². The van der Waals surface area contributed by atoms with Gasteiger partial charge in [-0.1, -0.05) is 0 Å². The van der Waals surface area contributed by atoms with Crippen LogP contribution in [-0.2, 0) is 4.79 Å². The number of alkyl halides is 2. The van der Waals surface area contributed by atoms with E-state index in [0.717, 1.165) is 0 Å². The molecule has 1 aliphatic heterocycles. The Kier molecular flexibility index (Phi) is 3.80. The SMILES string of the molecule is C[C@H](C(=O)O)N1CCC[C@H](C(F)F)C1. The maximum absolute atomic E-state index is 12.4. The molecule has 0 saturated carbocycles. The molecule has 1 rings (SSSR count). The van der Waals surface area contributed by atoms with E-state index in [1.54, 1.807) is 4.90 Å². The van der Waals surface area contributed by atoms with Gasteiger partial charge in [-0.2, -0.15) is 0 Å². The van der Waals surface area contributed by atoms with Crippen molar-refractivity contribution < 1.29 is 18.7 Å². The zero-order valence-electron chi connectivity index (χ0n) is 8.12. The van der Waals surface area contributed by atoms with Crippen LogP contribution in [0.2, 0.25) is 0 Å². The van der Waals surface area contributed by atoms with E-state index in [9.17, 15) is 13.6 Å². The third-order valence-electron chi connectivity index (χ3n) is 2.75. The zero-order chi connectivity index (χ0) is 10.7. The van der Waals surface area contributed by atoms with Crippen molar-refractivity contribution in [1.82, 2.24) is 4.90 Å². The summed E-state index contributed by atoms with van der Waals surface area (Å²) in [7, 11) is 0. The molecule has 1 N–H and O–H groups in total. The predicted octanol–water partition coefficient (Wildman–Crippen LogP) is 1.44. The number of hydrogen-bond acceptors (Lipinski definition) is 2. The monoisotopic (exact) mass is 207 g/mol. The van der Waals surface area contributed by atoms with Crippen LogP contribution in [0.5, 0.6) is 0 Å². The minimum absolute atomic E-state index is 0.200. The van der Waals surface area contributed by atoms with Gasteiger partial charge in [0.05, 0.1) is 0 Å². The quantitative estimate of drug-likeness (QED) is 0.761. The zero-order valence-corrected chi connectivity index (χ0v) is 8.12. The third-order valence-corrected chi connectivity index (χ3v) is 2.75. The first-order chi connectivity index (χ1) is 6.52. The Labute approximate surface area is 81.7 Å². The second-order valence-electron chi connectivity index (χ2n) is 3.75. The molecule has 0 aliphatic carbocycles. The Bertz CT molecular complexity index is 211. The number of piperidine rings is 1. The summed E-state index contributed by atoms with van der Waals surface area (Å²) in [6, 6.07) is -0.656. The van der Waals surface area contributed by atoms with Gasteiger partial charge in [0.25, 0.3) is 0 Å². The average Bonchev–Trinajstić information content (AvgIpc) is 2.16. The number of carboxylic acids is 1. The lowest BCUT2D eigenvalue weighted by molar-refractivity contribution is -0.143. The van der Waals surface area contributed by atoms with E-state index in [4.69, 9.17) is 5.11 Å². The van der Waals surface area contributed by atoms with Gasteiger partial charge in [-0.25, -0.2) is 8.78 Å². The highest BCUT2D eigenvalue weighted by molar-refractivity contribution is 5.72. The Morgan fingerprint density at radius 2 is 2.21 bits per heavy atom. The number of nitrogens with zero attached hydrogens (tertiary/aromatic N) is 1. The molecule has 14 heavy (non-hydrogen) atoms. The lowest BCUT2D eigenvalue weighted by Crippen LogP contribution is -2.46. The fourth-order valence-corrected chi connectivity index (χ4v) is 1.75. The molecule has 0 radical (unpaired) electrons. The van der Waals surface area contributed by atoms with Crippen LogP contribution in [0.4, 0.5) is 8.78 Å². The molecule has 0 spiro atoms.